The molecule has 0 N–H and O–H groups in total. The Morgan fingerprint density at radius 1 is 1.43 bits per heavy atom. The quantitative estimate of drug-likeness (QED) is 0.764. The van der Waals surface area contributed by atoms with Crippen molar-refractivity contribution in [2.75, 3.05) is 0 Å². The molecule has 2 rings (SSSR count). The van der Waals surface area contributed by atoms with Crippen LogP contribution in [-0.2, 0) is 6.54 Å². The minimum Gasteiger partial charge on any atom is -0.246 e. The SMILES string of the molecule is CC(C)c1nnc(Cn2ccnn2)s1. The maximum absolute atomic E-state index is 4.10. The fourth-order valence-electron chi connectivity index (χ4n) is 1.02. The first-order valence-corrected chi connectivity index (χ1v) is 5.23. The Bertz CT molecular complexity index is 392. The topological polar surface area (TPSA) is 56.5 Å². The smallest absolute Gasteiger partial charge is 0.139 e. The van der Waals surface area contributed by atoms with E-state index in [1.165, 1.54) is 0 Å². The normalized spacial score (nSPS) is 11.1. The molecule has 0 aromatic carbocycles. The molecule has 2 heterocycles. The van der Waals surface area contributed by atoms with E-state index in [1.807, 2.05) is 6.20 Å². The average Bonchev–Trinajstić information content (AvgIpc) is 2.75. The zero-order chi connectivity index (χ0) is 9.97. The van der Waals surface area contributed by atoms with E-state index in [9.17, 15) is 0 Å². The monoisotopic (exact) mass is 209 g/mol. The second kappa shape index (κ2) is 3.83. The second-order valence-corrected chi connectivity index (χ2v) is 4.38. The molecular formula is C8H11N5S. The molecule has 0 fully saturated rings. The van der Waals surface area contributed by atoms with Crippen LogP contribution < -0.4 is 0 Å². The van der Waals surface area contributed by atoms with Gasteiger partial charge in [0.1, 0.15) is 10.0 Å². The Hall–Kier alpha value is -1.30. The highest BCUT2D eigenvalue weighted by Crippen LogP contribution is 2.19. The molecular weight excluding hydrogens is 198 g/mol. The van der Waals surface area contributed by atoms with Crippen LogP contribution in [-0.4, -0.2) is 25.2 Å². The van der Waals surface area contributed by atoms with E-state index in [1.54, 1.807) is 22.2 Å². The molecule has 0 bridgehead atoms. The van der Waals surface area contributed by atoms with Gasteiger partial charge in [-0.2, -0.15) is 0 Å². The molecule has 0 aliphatic carbocycles. The lowest BCUT2D eigenvalue weighted by molar-refractivity contribution is 0.642. The van der Waals surface area contributed by atoms with E-state index >= 15 is 0 Å². The minimum absolute atomic E-state index is 0.442. The van der Waals surface area contributed by atoms with Gasteiger partial charge in [-0.25, -0.2) is 4.68 Å². The first-order chi connectivity index (χ1) is 6.75. The molecule has 2 aromatic rings. The van der Waals surface area contributed by atoms with Gasteiger partial charge in [-0.3, -0.25) is 0 Å². The third-order valence-corrected chi connectivity index (χ3v) is 2.95. The van der Waals surface area contributed by atoms with Crippen molar-refractivity contribution in [1.29, 1.82) is 0 Å². The average molecular weight is 209 g/mol. The lowest BCUT2D eigenvalue weighted by Gasteiger charge is -1.94. The molecule has 0 unspecified atom stereocenters. The number of nitrogens with zero attached hydrogens (tertiary/aromatic N) is 5. The predicted octanol–water partition coefficient (Wildman–Crippen LogP) is 1.30. The van der Waals surface area contributed by atoms with Crippen molar-refractivity contribution < 1.29 is 0 Å². The fraction of sp³-hybridized carbons (Fsp3) is 0.500. The van der Waals surface area contributed by atoms with Crippen LogP contribution >= 0.6 is 11.3 Å². The summed E-state index contributed by atoms with van der Waals surface area (Å²) < 4.78 is 1.74. The molecule has 0 saturated carbocycles. The lowest BCUT2D eigenvalue weighted by Crippen LogP contribution is -1.99. The van der Waals surface area contributed by atoms with Crippen LogP contribution in [0, 0.1) is 0 Å². The van der Waals surface area contributed by atoms with Crippen molar-refractivity contribution in [2.24, 2.45) is 0 Å². The van der Waals surface area contributed by atoms with Gasteiger partial charge in [0, 0.05) is 12.1 Å². The van der Waals surface area contributed by atoms with E-state index in [-0.39, 0.29) is 0 Å². The molecule has 0 saturated heterocycles. The van der Waals surface area contributed by atoms with Crippen molar-refractivity contribution in [3.8, 4) is 0 Å². The Labute approximate surface area is 85.8 Å². The minimum atomic E-state index is 0.442. The zero-order valence-electron chi connectivity index (χ0n) is 8.08. The van der Waals surface area contributed by atoms with Crippen LogP contribution in [0.15, 0.2) is 12.4 Å². The maximum Gasteiger partial charge on any atom is 0.139 e. The number of hydrogen-bond donors (Lipinski definition) is 0. The van der Waals surface area contributed by atoms with Gasteiger partial charge < -0.3 is 0 Å². The third kappa shape index (κ3) is 1.95. The van der Waals surface area contributed by atoms with E-state index in [2.05, 4.69) is 34.4 Å². The zero-order valence-corrected chi connectivity index (χ0v) is 8.90. The van der Waals surface area contributed by atoms with Crippen LogP contribution in [0.25, 0.3) is 0 Å². The number of rotatable bonds is 3. The Morgan fingerprint density at radius 2 is 2.29 bits per heavy atom. The van der Waals surface area contributed by atoms with Gasteiger partial charge in [0.25, 0.3) is 0 Å². The number of hydrogen-bond acceptors (Lipinski definition) is 5. The summed E-state index contributed by atoms with van der Waals surface area (Å²) in [7, 11) is 0. The van der Waals surface area contributed by atoms with Crippen molar-refractivity contribution >= 4 is 11.3 Å². The van der Waals surface area contributed by atoms with Gasteiger partial charge in [0.05, 0.1) is 12.7 Å². The van der Waals surface area contributed by atoms with Crippen LogP contribution in [0.4, 0.5) is 0 Å². The highest BCUT2D eigenvalue weighted by Gasteiger charge is 2.07. The molecule has 2 aromatic heterocycles. The summed E-state index contributed by atoms with van der Waals surface area (Å²) in [5, 5.41) is 17.8. The van der Waals surface area contributed by atoms with Gasteiger partial charge in [0.2, 0.25) is 0 Å². The van der Waals surface area contributed by atoms with E-state index in [0.29, 0.717) is 12.5 Å². The standard InChI is InChI=1S/C8H11N5S/c1-6(2)8-11-10-7(14-8)5-13-4-3-9-12-13/h3-4,6H,5H2,1-2H3. The Kier molecular flexibility index (Phi) is 2.53. The number of aromatic nitrogens is 5. The van der Waals surface area contributed by atoms with Gasteiger partial charge in [0.15, 0.2) is 0 Å². The summed E-state index contributed by atoms with van der Waals surface area (Å²) in [6.07, 6.45) is 3.47. The van der Waals surface area contributed by atoms with E-state index in [0.717, 1.165) is 10.0 Å². The lowest BCUT2D eigenvalue weighted by atomic mass is 10.2. The largest absolute Gasteiger partial charge is 0.246 e. The van der Waals surface area contributed by atoms with Gasteiger partial charge >= 0.3 is 0 Å². The van der Waals surface area contributed by atoms with Crippen molar-refractivity contribution in [1.82, 2.24) is 25.2 Å². The summed E-state index contributed by atoms with van der Waals surface area (Å²) >= 11 is 1.63. The third-order valence-electron chi connectivity index (χ3n) is 1.75. The summed E-state index contributed by atoms with van der Waals surface area (Å²) in [4.78, 5) is 0. The molecule has 5 nitrogen and oxygen atoms in total. The predicted molar refractivity (Wildman–Crippen MR) is 53.1 cm³/mol. The Morgan fingerprint density at radius 3 is 2.86 bits per heavy atom. The summed E-state index contributed by atoms with van der Waals surface area (Å²) in [5.41, 5.74) is 0. The molecule has 0 atom stereocenters. The van der Waals surface area contributed by atoms with Gasteiger partial charge in [-0.15, -0.1) is 15.3 Å². The summed E-state index contributed by atoms with van der Waals surface area (Å²) in [5.74, 6) is 0.442. The molecule has 6 heteroatoms. The fourth-order valence-corrected chi connectivity index (χ4v) is 1.86. The van der Waals surface area contributed by atoms with Crippen LogP contribution in [0.1, 0.15) is 29.8 Å². The summed E-state index contributed by atoms with van der Waals surface area (Å²) in [6, 6.07) is 0. The highest BCUT2D eigenvalue weighted by molar-refractivity contribution is 7.11. The van der Waals surface area contributed by atoms with Crippen molar-refractivity contribution in [3.63, 3.8) is 0 Å². The second-order valence-electron chi connectivity index (χ2n) is 3.29. The molecule has 0 spiro atoms. The van der Waals surface area contributed by atoms with Crippen LogP contribution in [0.3, 0.4) is 0 Å². The van der Waals surface area contributed by atoms with Crippen molar-refractivity contribution in [3.05, 3.63) is 22.4 Å². The molecule has 0 aliphatic rings. The molecule has 0 amide bonds. The molecule has 0 aliphatic heterocycles. The molecule has 74 valence electrons. The van der Waals surface area contributed by atoms with Crippen molar-refractivity contribution in [2.45, 2.75) is 26.3 Å². The molecule has 14 heavy (non-hydrogen) atoms. The first kappa shape index (κ1) is 9.26. The van der Waals surface area contributed by atoms with Gasteiger partial charge in [-0.1, -0.05) is 30.4 Å². The first-order valence-electron chi connectivity index (χ1n) is 4.42. The summed E-state index contributed by atoms with van der Waals surface area (Å²) in [6.45, 7) is 4.88. The maximum atomic E-state index is 4.10. The van der Waals surface area contributed by atoms with E-state index in [4.69, 9.17) is 0 Å². The van der Waals surface area contributed by atoms with Crippen LogP contribution in [0.2, 0.25) is 0 Å². The van der Waals surface area contributed by atoms with E-state index < -0.39 is 0 Å². The van der Waals surface area contributed by atoms with Crippen LogP contribution in [0.5, 0.6) is 0 Å². The Balaban J connectivity index is 2.11. The van der Waals surface area contributed by atoms with Gasteiger partial charge in [-0.05, 0) is 0 Å². The highest BCUT2D eigenvalue weighted by atomic mass is 32.1. The molecule has 0 radical (unpaired) electrons.